The number of imidazole rings is 1. The van der Waals surface area contributed by atoms with Gasteiger partial charge in [0.2, 0.25) is 5.91 Å². The van der Waals surface area contributed by atoms with E-state index < -0.39 is 12.0 Å². The number of carbonyl (C=O) groups is 2. The third kappa shape index (κ3) is 2.48. The molecule has 1 aromatic rings. The lowest BCUT2D eigenvalue weighted by molar-refractivity contribution is -0.125. The molecule has 1 aliphatic rings. The minimum Gasteiger partial charge on any atom is -0.461 e. The van der Waals surface area contributed by atoms with Crippen molar-refractivity contribution < 1.29 is 14.3 Å². The number of rotatable bonds is 4. The van der Waals surface area contributed by atoms with Crippen LogP contribution in [0.15, 0.2) is 0 Å². The molecule has 2 heterocycles. The summed E-state index contributed by atoms with van der Waals surface area (Å²) in [6.07, 6.45) is 2.17. The van der Waals surface area contributed by atoms with Gasteiger partial charge in [0.1, 0.15) is 17.7 Å². The molecule has 1 aliphatic heterocycles. The number of carbonyl (C=O) groups excluding carboxylic acids is 2. The monoisotopic (exact) mass is 280 g/mol. The van der Waals surface area contributed by atoms with Gasteiger partial charge in [0.05, 0.1) is 6.61 Å². The van der Waals surface area contributed by atoms with Crippen LogP contribution in [-0.4, -0.2) is 34.6 Å². The maximum Gasteiger partial charge on any atom is 0.360 e. The van der Waals surface area contributed by atoms with Gasteiger partial charge in [0.25, 0.3) is 0 Å². The minimum atomic E-state index is -0.547. The Morgan fingerprint density at radius 2 is 2.30 bits per heavy atom. The van der Waals surface area contributed by atoms with Crippen LogP contribution in [0.1, 0.15) is 49.0 Å². The normalized spacial score (nSPS) is 18.7. The van der Waals surface area contributed by atoms with Crippen molar-refractivity contribution >= 4 is 17.7 Å². The maximum absolute atomic E-state index is 12.0. The zero-order chi connectivity index (χ0) is 14.7. The molecular weight excluding hydrogens is 260 g/mol. The van der Waals surface area contributed by atoms with Crippen molar-refractivity contribution in [3.05, 3.63) is 11.5 Å². The molecule has 1 amide bonds. The average Bonchev–Trinajstić information content (AvgIpc) is 2.77. The quantitative estimate of drug-likeness (QED) is 0.789. The van der Waals surface area contributed by atoms with E-state index in [1.807, 2.05) is 6.92 Å². The fourth-order valence-corrected chi connectivity index (χ4v) is 2.44. The van der Waals surface area contributed by atoms with Crippen LogP contribution >= 0.6 is 0 Å². The molecule has 0 aliphatic carbocycles. The van der Waals surface area contributed by atoms with E-state index >= 15 is 0 Å². The molecule has 0 spiro atoms. The van der Waals surface area contributed by atoms with Gasteiger partial charge in [-0.05, 0) is 19.8 Å². The van der Waals surface area contributed by atoms with Crippen LogP contribution in [0, 0.1) is 0 Å². The Hall–Kier alpha value is -2.05. The van der Waals surface area contributed by atoms with E-state index in [0.717, 1.165) is 6.42 Å². The zero-order valence-corrected chi connectivity index (χ0v) is 11.8. The van der Waals surface area contributed by atoms with Crippen molar-refractivity contribution in [2.24, 2.45) is 0 Å². The highest BCUT2D eigenvalue weighted by Gasteiger charge is 2.30. The van der Waals surface area contributed by atoms with Gasteiger partial charge in [-0.3, -0.25) is 4.79 Å². The van der Waals surface area contributed by atoms with E-state index in [1.165, 1.54) is 0 Å². The first-order valence-electron chi connectivity index (χ1n) is 6.91. The molecule has 1 fully saturated rings. The second kappa shape index (κ2) is 5.94. The summed E-state index contributed by atoms with van der Waals surface area (Å²) in [6, 6.07) is -0.394. The Bertz CT molecular complexity index is 524. The van der Waals surface area contributed by atoms with Gasteiger partial charge in [-0.2, -0.15) is 0 Å². The molecule has 0 bridgehead atoms. The molecular formula is C13H20N4O3. The number of nitrogen functional groups attached to an aromatic ring is 1. The number of anilines is 1. The van der Waals surface area contributed by atoms with E-state index in [9.17, 15) is 9.59 Å². The fourth-order valence-electron chi connectivity index (χ4n) is 2.44. The van der Waals surface area contributed by atoms with Gasteiger partial charge in [0.15, 0.2) is 5.69 Å². The summed E-state index contributed by atoms with van der Waals surface area (Å²) in [6.45, 7) is 4.57. The molecule has 3 N–H and O–H groups in total. The third-order valence-electron chi connectivity index (χ3n) is 3.37. The SMILES string of the molecule is CCOC(=O)c1nc(CC)n(C2CCCNC2=O)c1N. The summed E-state index contributed by atoms with van der Waals surface area (Å²) < 4.78 is 6.61. The lowest BCUT2D eigenvalue weighted by atomic mass is 10.1. The van der Waals surface area contributed by atoms with Crippen molar-refractivity contribution in [1.82, 2.24) is 14.9 Å². The molecule has 1 unspecified atom stereocenters. The van der Waals surface area contributed by atoms with Crippen molar-refractivity contribution in [2.75, 3.05) is 18.9 Å². The first-order chi connectivity index (χ1) is 9.60. The topological polar surface area (TPSA) is 99.2 Å². The smallest absolute Gasteiger partial charge is 0.360 e. The molecule has 0 aromatic carbocycles. The van der Waals surface area contributed by atoms with E-state index in [1.54, 1.807) is 11.5 Å². The first-order valence-corrected chi connectivity index (χ1v) is 6.91. The maximum atomic E-state index is 12.0. The standard InChI is InChI=1S/C13H20N4O3/c1-3-9-16-10(13(19)20-4-2)11(14)17(9)8-6-5-7-15-12(8)18/h8H,3-7,14H2,1-2H3,(H,15,18). The highest BCUT2D eigenvalue weighted by molar-refractivity contribution is 5.93. The molecule has 7 heteroatoms. The Kier molecular flexibility index (Phi) is 4.26. The molecule has 1 saturated heterocycles. The Labute approximate surface area is 117 Å². The minimum absolute atomic E-state index is 0.0783. The number of aryl methyl sites for hydroxylation is 1. The molecule has 2 rings (SSSR count). The van der Waals surface area contributed by atoms with Crippen LogP contribution in [0.2, 0.25) is 0 Å². The van der Waals surface area contributed by atoms with Gasteiger partial charge >= 0.3 is 5.97 Å². The lowest BCUT2D eigenvalue weighted by Gasteiger charge is -2.25. The number of hydrogen-bond donors (Lipinski definition) is 2. The number of nitrogens with one attached hydrogen (secondary N) is 1. The molecule has 20 heavy (non-hydrogen) atoms. The summed E-state index contributed by atoms with van der Waals surface area (Å²) >= 11 is 0. The van der Waals surface area contributed by atoms with Crippen molar-refractivity contribution in [1.29, 1.82) is 0 Å². The van der Waals surface area contributed by atoms with Crippen molar-refractivity contribution in [3.8, 4) is 0 Å². The van der Waals surface area contributed by atoms with Gasteiger partial charge in [0, 0.05) is 13.0 Å². The number of piperidine rings is 1. The van der Waals surface area contributed by atoms with E-state index in [-0.39, 0.29) is 24.0 Å². The Morgan fingerprint density at radius 1 is 1.55 bits per heavy atom. The van der Waals surface area contributed by atoms with E-state index in [0.29, 0.717) is 25.2 Å². The van der Waals surface area contributed by atoms with Crippen LogP contribution in [0.3, 0.4) is 0 Å². The Balaban J connectivity index is 2.41. The number of esters is 1. The van der Waals surface area contributed by atoms with Crippen LogP contribution in [0.5, 0.6) is 0 Å². The third-order valence-corrected chi connectivity index (χ3v) is 3.37. The molecule has 0 saturated carbocycles. The molecule has 7 nitrogen and oxygen atoms in total. The number of hydrogen-bond acceptors (Lipinski definition) is 5. The highest BCUT2D eigenvalue weighted by atomic mass is 16.5. The number of nitrogens with zero attached hydrogens (tertiary/aromatic N) is 2. The zero-order valence-electron chi connectivity index (χ0n) is 11.8. The predicted molar refractivity (Wildman–Crippen MR) is 73.3 cm³/mol. The van der Waals surface area contributed by atoms with Crippen LogP contribution in [0.4, 0.5) is 5.82 Å². The number of nitrogens with two attached hydrogens (primary N) is 1. The average molecular weight is 280 g/mol. The first kappa shape index (κ1) is 14.4. The number of amides is 1. The van der Waals surface area contributed by atoms with Gasteiger partial charge in [-0.15, -0.1) is 0 Å². The summed E-state index contributed by atoms with van der Waals surface area (Å²) in [5.41, 5.74) is 6.12. The van der Waals surface area contributed by atoms with Gasteiger partial charge in [-0.1, -0.05) is 6.92 Å². The highest BCUT2D eigenvalue weighted by Crippen LogP contribution is 2.26. The van der Waals surface area contributed by atoms with Gasteiger partial charge < -0.3 is 20.4 Å². The fraction of sp³-hybridized carbons (Fsp3) is 0.615. The van der Waals surface area contributed by atoms with Crippen molar-refractivity contribution in [2.45, 2.75) is 39.2 Å². The summed E-state index contributed by atoms with van der Waals surface area (Å²) in [7, 11) is 0. The summed E-state index contributed by atoms with van der Waals surface area (Å²) in [5.74, 6) is 0.218. The van der Waals surface area contributed by atoms with Crippen LogP contribution in [0.25, 0.3) is 0 Å². The van der Waals surface area contributed by atoms with E-state index in [4.69, 9.17) is 10.5 Å². The van der Waals surface area contributed by atoms with Crippen LogP contribution < -0.4 is 11.1 Å². The second-order valence-corrected chi connectivity index (χ2v) is 4.65. The molecule has 1 atom stereocenters. The molecule has 1 aromatic heterocycles. The van der Waals surface area contributed by atoms with Crippen molar-refractivity contribution in [3.63, 3.8) is 0 Å². The van der Waals surface area contributed by atoms with E-state index in [2.05, 4.69) is 10.3 Å². The Morgan fingerprint density at radius 3 is 2.90 bits per heavy atom. The lowest BCUT2D eigenvalue weighted by Crippen LogP contribution is -2.38. The summed E-state index contributed by atoms with van der Waals surface area (Å²) in [4.78, 5) is 28.1. The van der Waals surface area contributed by atoms with Crippen LogP contribution in [-0.2, 0) is 16.0 Å². The number of ether oxygens (including phenoxy) is 1. The predicted octanol–water partition coefficient (Wildman–Crippen LogP) is 0.655. The summed E-state index contributed by atoms with van der Waals surface area (Å²) in [5, 5.41) is 2.81. The molecule has 110 valence electrons. The number of aromatic nitrogens is 2. The second-order valence-electron chi connectivity index (χ2n) is 4.65. The largest absolute Gasteiger partial charge is 0.461 e. The molecule has 0 radical (unpaired) electrons. The van der Waals surface area contributed by atoms with Gasteiger partial charge in [-0.25, -0.2) is 9.78 Å².